The van der Waals surface area contributed by atoms with Crippen LogP contribution in [0.3, 0.4) is 0 Å². The maximum Gasteiger partial charge on any atom is 0.233 e. The number of carbonyl (C=O) groups is 1. The predicted molar refractivity (Wildman–Crippen MR) is 127 cm³/mol. The lowest BCUT2D eigenvalue weighted by atomic mass is 9.99. The highest BCUT2D eigenvalue weighted by Gasteiger charge is 2.25. The van der Waals surface area contributed by atoms with Crippen molar-refractivity contribution in [1.82, 2.24) is 19.7 Å². The van der Waals surface area contributed by atoms with Crippen LogP contribution in [0.4, 0.5) is 5.95 Å². The molecule has 0 spiro atoms. The summed E-state index contributed by atoms with van der Waals surface area (Å²) in [4.78, 5) is 17.2. The van der Waals surface area contributed by atoms with Crippen LogP contribution in [0.15, 0.2) is 17.3 Å². The standard InChI is InChI=1S/C23H33N5O4S/c1-16(2)13-28-22(26-7-9-32-10-8-26)24-25-23(28)33-15-21(29)27-6-5-17-11-19(30-3)20(31-4)12-18(17)14-27/h11-12,16H,5-10,13-15H2,1-4H3. The Kier molecular flexibility index (Phi) is 7.64. The summed E-state index contributed by atoms with van der Waals surface area (Å²) in [5.74, 6) is 3.18. The first-order valence-electron chi connectivity index (χ1n) is 11.4. The number of thioether (sulfide) groups is 1. The van der Waals surface area contributed by atoms with Gasteiger partial charge in [-0.2, -0.15) is 0 Å². The van der Waals surface area contributed by atoms with Crippen LogP contribution >= 0.6 is 11.8 Å². The Morgan fingerprint density at radius 3 is 2.45 bits per heavy atom. The zero-order valence-electron chi connectivity index (χ0n) is 19.9. The summed E-state index contributed by atoms with van der Waals surface area (Å²) in [6.07, 6.45) is 0.802. The third-order valence-corrected chi connectivity index (χ3v) is 6.89. The summed E-state index contributed by atoms with van der Waals surface area (Å²) in [6, 6.07) is 4.00. The number of hydrogen-bond acceptors (Lipinski definition) is 8. The van der Waals surface area contributed by atoms with Crippen LogP contribution in [-0.2, 0) is 29.0 Å². The van der Waals surface area contributed by atoms with E-state index in [1.807, 2.05) is 17.0 Å². The van der Waals surface area contributed by atoms with Crippen molar-refractivity contribution in [3.63, 3.8) is 0 Å². The maximum atomic E-state index is 13.1. The lowest BCUT2D eigenvalue weighted by molar-refractivity contribution is -0.129. The van der Waals surface area contributed by atoms with Crippen LogP contribution in [0, 0.1) is 5.92 Å². The largest absolute Gasteiger partial charge is 0.493 e. The molecule has 2 aliphatic rings. The van der Waals surface area contributed by atoms with E-state index in [0.717, 1.165) is 48.5 Å². The maximum absolute atomic E-state index is 13.1. The molecule has 1 aromatic carbocycles. The molecule has 0 saturated carbocycles. The van der Waals surface area contributed by atoms with E-state index < -0.39 is 0 Å². The number of amides is 1. The molecule has 1 amide bonds. The van der Waals surface area contributed by atoms with Crippen LogP contribution in [0.1, 0.15) is 25.0 Å². The van der Waals surface area contributed by atoms with Crippen LogP contribution in [-0.4, -0.2) is 78.4 Å². The third kappa shape index (κ3) is 5.38. The quantitative estimate of drug-likeness (QED) is 0.539. The number of morpholine rings is 1. The SMILES string of the molecule is COc1cc2c(cc1OC)CN(C(=O)CSc1nnc(N3CCOCC3)n1CC(C)C)CC2. The molecule has 0 bridgehead atoms. The minimum absolute atomic E-state index is 0.104. The van der Waals surface area contributed by atoms with Gasteiger partial charge < -0.3 is 24.0 Å². The van der Waals surface area contributed by atoms with Crippen LogP contribution in [0.25, 0.3) is 0 Å². The average Bonchev–Trinajstić information content (AvgIpc) is 3.23. The van der Waals surface area contributed by atoms with Gasteiger partial charge in [-0.05, 0) is 35.6 Å². The molecule has 3 heterocycles. The summed E-state index contributed by atoms with van der Waals surface area (Å²) >= 11 is 1.47. The molecular formula is C23H33N5O4S. The second-order valence-corrected chi connectivity index (χ2v) is 9.66. The van der Waals surface area contributed by atoms with Gasteiger partial charge in [0.2, 0.25) is 11.9 Å². The molecule has 0 N–H and O–H groups in total. The Hall–Kier alpha value is -2.46. The topological polar surface area (TPSA) is 82.0 Å². The fourth-order valence-electron chi connectivity index (χ4n) is 4.22. The summed E-state index contributed by atoms with van der Waals surface area (Å²) in [5.41, 5.74) is 2.31. The molecule has 1 fully saturated rings. The number of rotatable bonds is 8. The van der Waals surface area contributed by atoms with Crippen LogP contribution in [0.5, 0.6) is 11.5 Å². The smallest absolute Gasteiger partial charge is 0.233 e. The number of fused-ring (bicyclic) bond motifs is 1. The van der Waals surface area contributed by atoms with Crippen molar-refractivity contribution in [2.24, 2.45) is 5.92 Å². The highest BCUT2D eigenvalue weighted by molar-refractivity contribution is 7.99. The second kappa shape index (κ2) is 10.6. The minimum Gasteiger partial charge on any atom is -0.493 e. The van der Waals surface area contributed by atoms with Gasteiger partial charge in [0.05, 0.1) is 33.2 Å². The van der Waals surface area contributed by atoms with Gasteiger partial charge in [0, 0.05) is 32.7 Å². The molecule has 2 aliphatic heterocycles. The molecule has 180 valence electrons. The molecule has 0 radical (unpaired) electrons. The first-order valence-corrected chi connectivity index (χ1v) is 12.4. The number of nitrogens with zero attached hydrogens (tertiary/aromatic N) is 5. The van der Waals surface area contributed by atoms with Crippen molar-refractivity contribution in [3.8, 4) is 11.5 Å². The zero-order valence-corrected chi connectivity index (χ0v) is 20.7. The van der Waals surface area contributed by atoms with Gasteiger partial charge in [0.15, 0.2) is 16.7 Å². The summed E-state index contributed by atoms with van der Waals surface area (Å²) < 4.78 is 18.5. The van der Waals surface area contributed by atoms with Gasteiger partial charge in [-0.1, -0.05) is 25.6 Å². The van der Waals surface area contributed by atoms with E-state index in [9.17, 15) is 4.79 Å². The van der Waals surface area contributed by atoms with Crippen molar-refractivity contribution in [2.75, 3.05) is 57.7 Å². The lowest BCUT2D eigenvalue weighted by Crippen LogP contribution is -2.38. The van der Waals surface area contributed by atoms with Crippen molar-refractivity contribution >= 4 is 23.6 Å². The number of benzene rings is 1. The minimum atomic E-state index is 0.104. The summed E-state index contributed by atoms with van der Waals surface area (Å²) in [6.45, 7) is 9.45. The molecule has 0 atom stereocenters. The summed E-state index contributed by atoms with van der Waals surface area (Å²) in [5, 5.41) is 9.69. The lowest BCUT2D eigenvalue weighted by Gasteiger charge is -2.30. The highest BCUT2D eigenvalue weighted by atomic mass is 32.2. The Morgan fingerprint density at radius 1 is 1.09 bits per heavy atom. The van der Waals surface area contributed by atoms with E-state index in [4.69, 9.17) is 14.2 Å². The van der Waals surface area contributed by atoms with Gasteiger partial charge >= 0.3 is 0 Å². The Labute approximate surface area is 199 Å². The van der Waals surface area contributed by atoms with Gasteiger partial charge in [-0.15, -0.1) is 10.2 Å². The zero-order chi connectivity index (χ0) is 23.4. The summed E-state index contributed by atoms with van der Waals surface area (Å²) in [7, 11) is 3.27. The molecule has 2 aromatic rings. The van der Waals surface area contributed by atoms with Crippen molar-refractivity contribution in [1.29, 1.82) is 0 Å². The number of ether oxygens (including phenoxy) is 3. The normalized spacial score (nSPS) is 16.2. The second-order valence-electron chi connectivity index (χ2n) is 8.72. The molecule has 9 nitrogen and oxygen atoms in total. The molecule has 0 aliphatic carbocycles. The van der Waals surface area contributed by atoms with E-state index in [2.05, 4.69) is 33.5 Å². The first-order chi connectivity index (χ1) is 16.0. The average molecular weight is 476 g/mol. The van der Waals surface area contributed by atoms with E-state index in [-0.39, 0.29) is 5.91 Å². The molecule has 0 unspecified atom stereocenters. The Morgan fingerprint density at radius 2 is 1.79 bits per heavy atom. The highest BCUT2D eigenvalue weighted by Crippen LogP contribution is 2.33. The molecule has 33 heavy (non-hydrogen) atoms. The van der Waals surface area contributed by atoms with Crippen molar-refractivity contribution in [3.05, 3.63) is 23.3 Å². The Bertz CT molecular complexity index is 974. The van der Waals surface area contributed by atoms with Crippen LogP contribution < -0.4 is 14.4 Å². The van der Waals surface area contributed by atoms with Gasteiger partial charge in [0.1, 0.15) is 0 Å². The van der Waals surface area contributed by atoms with Crippen molar-refractivity contribution in [2.45, 2.75) is 38.5 Å². The van der Waals surface area contributed by atoms with Crippen LogP contribution in [0.2, 0.25) is 0 Å². The molecule has 1 aromatic heterocycles. The van der Waals surface area contributed by atoms with E-state index in [0.29, 0.717) is 43.7 Å². The van der Waals surface area contributed by atoms with Gasteiger partial charge in [-0.3, -0.25) is 9.36 Å². The third-order valence-electron chi connectivity index (χ3n) is 5.93. The predicted octanol–water partition coefficient (Wildman–Crippen LogP) is 2.46. The molecular weight excluding hydrogens is 442 g/mol. The number of aromatic nitrogens is 3. The van der Waals surface area contributed by atoms with E-state index >= 15 is 0 Å². The fourth-order valence-corrected chi connectivity index (χ4v) is 5.07. The Balaban J connectivity index is 1.43. The van der Waals surface area contributed by atoms with E-state index in [1.54, 1.807) is 14.2 Å². The number of methoxy groups -OCH3 is 2. The number of hydrogen-bond donors (Lipinski definition) is 0. The molecule has 1 saturated heterocycles. The molecule has 4 rings (SSSR count). The molecule has 10 heteroatoms. The number of anilines is 1. The first kappa shape index (κ1) is 23.7. The fraction of sp³-hybridized carbons (Fsp3) is 0.609. The van der Waals surface area contributed by atoms with Gasteiger partial charge in [0.25, 0.3) is 0 Å². The van der Waals surface area contributed by atoms with E-state index in [1.165, 1.54) is 17.3 Å². The van der Waals surface area contributed by atoms with Crippen molar-refractivity contribution < 1.29 is 19.0 Å². The monoisotopic (exact) mass is 475 g/mol. The van der Waals surface area contributed by atoms with Gasteiger partial charge in [-0.25, -0.2) is 0 Å². The number of carbonyl (C=O) groups excluding carboxylic acids is 1.